The van der Waals surface area contributed by atoms with Crippen LogP contribution in [0.4, 0.5) is 5.00 Å². The fourth-order valence-corrected chi connectivity index (χ4v) is 3.22. The van der Waals surface area contributed by atoms with Gasteiger partial charge >= 0.3 is 0 Å². The van der Waals surface area contributed by atoms with Crippen molar-refractivity contribution in [1.29, 1.82) is 0 Å². The minimum Gasteiger partial charge on any atom is -0.493 e. The van der Waals surface area contributed by atoms with Gasteiger partial charge in [0.1, 0.15) is 5.75 Å². The zero-order chi connectivity index (χ0) is 19.8. The average Bonchev–Trinajstić information content (AvgIpc) is 3.06. The van der Waals surface area contributed by atoms with Crippen molar-refractivity contribution < 1.29 is 19.1 Å². The molecule has 0 fully saturated rings. The molecule has 1 aromatic carbocycles. The number of hydrogen-bond donors (Lipinski definition) is 3. The lowest BCUT2D eigenvalue weighted by molar-refractivity contribution is -0.122. The molecule has 0 bridgehead atoms. The summed E-state index contributed by atoms with van der Waals surface area (Å²) in [6, 6.07) is 8.53. The molecule has 0 saturated heterocycles. The smallest absolute Gasteiger partial charge is 0.279 e. The number of amides is 3. The largest absolute Gasteiger partial charge is 0.493 e. The number of carbonyl (C=O) groups is 3. The van der Waals surface area contributed by atoms with Crippen LogP contribution in [0, 0.1) is 6.92 Å². The Hall–Kier alpha value is -2.58. The molecule has 3 N–H and O–H groups in total. The Morgan fingerprint density at radius 3 is 2.63 bits per heavy atom. The molecule has 144 valence electrons. The molecule has 2 rings (SSSR count). The summed E-state index contributed by atoms with van der Waals surface area (Å²) in [5, 5.41) is 3.80. The van der Waals surface area contributed by atoms with E-state index in [4.69, 9.17) is 16.3 Å². The number of hydrogen-bond acceptors (Lipinski definition) is 5. The second kappa shape index (κ2) is 9.94. The Bertz CT molecular complexity index is 838. The lowest BCUT2D eigenvalue weighted by Crippen LogP contribution is -2.41. The molecule has 7 nitrogen and oxygen atoms in total. The van der Waals surface area contributed by atoms with Crippen LogP contribution in [0.1, 0.15) is 35.0 Å². The van der Waals surface area contributed by atoms with Crippen LogP contribution in [-0.2, 0) is 9.59 Å². The number of thiophene rings is 1. The zero-order valence-electron chi connectivity index (χ0n) is 14.9. The number of benzene rings is 1. The predicted octanol–water partition coefficient (Wildman–Crippen LogP) is 3.29. The van der Waals surface area contributed by atoms with Crippen LogP contribution in [0.15, 0.2) is 30.3 Å². The maximum Gasteiger partial charge on any atom is 0.279 e. The first-order valence-corrected chi connectivity index (χ1v) is 9.40. The summed E-state index contributed by atoms with van der Waals surface area (Å²) in [6.45, 7) is 3.65. The van der Waals surface area contributed by atoms with E-state index in [2.05, 4.69) is 16.2 Å². The number of carbonyl (C=O) groups excluding carboxylic acids is 3. The molecule has 2 aromatic rings. The van der Waals surface area contributed by atoms with Gasteiger partial charge in [-0.1, -0.05) is 11.6 Å². The van der Waals surface area contributed by atoms with Gasteiger partial charge in [0.05, 0.1) is 16.5 Å². The molecule has 1 aromatic heterocycles. The zero-order valence-corrected chi connectivity index (χ0v) is 16.5. The highest BCUT2D eigenvalue weighted by Gasteiger charge is 2.11. The summed E-state index contributed by atoms with van der Waals surface area (Å²) in [5.74, 6) is -0.259. The molecule has 0 aliphatic heterocycles. The van der Waals surface area contributed by atoms with Crippen molar-refractivity contribution in [1.82, 2.24) is 10.9 Å². The van der Waals surface area contributed by atoms with Gasteiger partial charge in [0.2, 0.25) is 11.8 Å². The van der Waals surface area contributed by atoms with Crippen LogP contribution >= 0.6 is 22.9 Å². The Morgan fingerprint density at radius 1 is 1.15 bits per heavy atom. The van der Waals surface area contributed by atoms with E-state index in [0.717, 1.165) is 22.6 Å². The second-order valence-corrected chi connectivity index (χ2v) is 7.23. The molecule has 0 spiro atoms. The summed E-state index contributed by atoms with van der Waals surface area (Å²) in [6.07, 6.45) is 0.698. The van der Waals surface area contributed by atoms with E-state index in [0.29, 0.717) is 27.9 Å². The molecule has 3 amide bonds. The van der Waals surface area contributed by atoms with Crippen LogP contribution < -0.4 is 20.9 Å². The van der Waals surface area contributed by atoms with Gasteiger partial charge in [-0.3, -0.25) is 25.2 Å². The molecule has 9 heteroatoms. The molecule has 0 radical (unpaired) electrons. The molecule has 0 atom stereocenters. The Morgan fingerprint density at radius 2 is 1.93 bits per heavy atom. The molecular weight excluding hydrogens is 390 g/mol. The number of hydrazine groups is 1. The number of nitrogens with one attached hydrogen (secondary N) is 3. The molecule has 0 saturated carbocycles. The molecule has 0 aliphatic rings. The summed E-state index contributed by atoms with van der Waals surface area (Å²) in [5.41, 5.74) is 5.62. The number of halogens is 1. The van der Waals surface area contributed by atoms with Crippen molar-refractivity contribution in [3.8, 4) is 5.75 Å². The molecule has 1 heterocycles. The maximum absolute atomic E-state index is 12.0. The highest BCUT2D eigenvalue weighted by molar-refractivity contribution is 7.18. The van der Waals surface area contributed by atoms with Gasteiger partial charge in [-0.25, -0.2) is 0 Å². The number of anilines is 1. The topological polar surface area (TPSA) is 96.5 Å². The summed E-state index contributed by atoms with van der Waals surface area (Å²) < 4.78 is 5.61. The van der Waals surface area contributed by atoms with Crippen LogP contribution in [0.5, 0.6) is 5.75 Å². The number of ether oxygens (including phenoxy) is 1. The molecule has 27 heavy (non-hydrogen) atoms. The van der Waals surface area contributed by atoms with Crippen LogP contribution in [0.3, 0.4) is 0 Å². The highest BCUT2D eigenvalue weighted by atomic mass is 35.5. The first kappa shape index (κ1) is 20.7. The summed E-state index contributed by atoms with van der Waals surface area (Å²) in [4.78, 5) is 35.1. The van der Waals surface area contributed by atoms with Crippen LogP contribution in [-0.4, -0.2) is 24.3 Å². The number of rotatable bonds is 7. The van der Waals surface area contributed by atoms with E-state index in [-0.39, 0.29) is 18.2 Å². The second-order valence-electron chi connectivity index (χ2n) is 5.71. The normalized spacial score (nSPS) is 10.2. The van der Waals surface area contributed by atoms with Crippen LogP contribution in [0.2, 0.25) is 5.02 Å². The fraction of sp³-hybridized carbons (Fsp3) is 0.278. The van der Waals surface area contributed by atoms with E-state index >= 15 is 0 Å². The lowest BCUT2D eigenvalue weighted by atomic mass is 10.2. The van der Waals surface area contributed by atoms with E-state index in [9.17, 15) is 14.4 Å². The first-order chi connectivity index (χ1) is 12.8. The van der Waals surface area contributed by atoms with E-state index in [1.54, 1.807) is 30.3 Å². The third kappa shape index (κ3) is 6.92. The minimum atomic E-state index is -0.446. The van der Waals surface area contributed by atoms with Gasteiger partial charge < -0.3 is 10.1 Å². The third-order valence-electron chi connectivity index (χ3n) is 3.39. The first-order valence-electron chi connectivity index (χ1n) is 8.20. The van der Waals surface area contributed by atoms with Crippen molar-refractivity contribution in [2.75, 3.05) is 11.9 Å². The standard InChI is InChI=1S/C18H20ClN3O4S/c1-11-10-13(19)5-6-14(11)26-9-3-4-16(24)21-22-18(25)15-7-8-17(27-15)20-12(2)23/h5-8,10H,3-4,9H2,1-2H3,(H,20,23)(H,21,24)(H,22,25). The van der Waals surface area contributed by atoms with Gasteiger partial charge in [0.15, 0.2) is 0 Å². The van der Waals surface area contributed by atoms with E-state index in [1.807, 2.05) is 6.92 Å². The highest BCUT2D eigenvalue weighted by Crippen LogP contribution is 2.22. The van der Waals surface area contributed by atoms with E-state index < -0.39 is 5.91 Å². The third-order valence-corrected chi connectivity index (χ3v) is 4.62. The Labute approximate surface area is 166 Å². The maximum atomic E-state index is 12.0. The van der Waals surface area contributed by atoms with Gasteiger partial charge in [-0.05, 0) is 49.2 Å². The molecule has 0 aliphatic carbocycles. The van der Waals surface area contributed by atoms with Gasteiger partial charge in [-0.2, -0.15) is 0 Å². The number of aryl methyl sites for hydroxylation is 1. The van der Waals surface area contributed by atoms with E-state index in [1.165, 1.54) is 6.92 Å². The van der Waals surface area contributed by atoms with Crippen molar-refractivity contribution in [2.45, 2.75) is 26.7 Å². The monoisotopic (exact) mass is 409 g/mol. The summed E-state index contributed by atoms with van der Waals surface area (Å²) >= 11 is 7.00. The minimum absolute atomic E-state index is 0.203. The quantitative estimate of drug-likeness (QED) is 0.483. The summed E-state index contributed by atoms with van der Waals surface area (Å²) in [7, 11) is 0. The van der Waals surface area contributed by atoms with Gasteiger partial charge in [0.25, 0.3) is 5.91 Å². The fourth-order valence-electron chi connectivity index (χ4n) is 2.14. The average molecular weight is 410 g/mol. The van der Waals surface area contributed by atoms with Crippen molar-refractivity contribution in [2.24, 2.45) is 0 Å². The van der Waals surface area contributed by atoms with Crippen molar-refractivity contribution in [3.05, 3.63) is 45.8 Å². The van der Waals surface area contributed by atoms with Crippen molar-refractivity contribution >= 4 is 45.7 Å². The van der Waals surface area contributed by atoms with Crippen molar-refractivity contribution in [3.63, 3.8) is 0 Å². The van der Waals surface area contributed by atoms with Gasteiger partial charge in [0, 0.05) is 18.4 Å². The SMILES string of the molecule is CC(=O)Nc1ccc(C(=O)NNC(=O)CCCOc2ccc(Cl)cc2C)s1. The van der Waals surface area contributed by atoms with Crippen LogP contribution in [0.25, 0.3) is 0 Å². The molecular formula is C18H20ClN3O4S. The Kier molecular flexibility index (Phi) is 7.63. The van der Waals surface area contributed by atoms with Gasteiger partial charge in [-0.15, -0.1) is 11.3 Å². The lowest BCUT2D eigenvalue weighted by Gasteiger charge is -2.09. The predicted molar refractivity (Wildman–Crippen MR) is 105 cm³/mol. The Balaban J connectivity index is 1.67. The molecule has 0 unspecified atom stereocenters.